The molecule has 2 aromatic carbocycles. The minimum Gasteiger partial charge on any atom is -0.452 e. The lowest BCUT2D eigenvalue weighted by molar-refractivity contribution is -0.119. The number of halogens is 1. The van der Waals surface area contributed by atoms with E-state index in [4.69, 9.17) is 4.74 Å². The van der Waals surface area contributed by atoms with E-state index in [1.54, 1.807) is 48.5 Å². The first kappa shape index (κ1) is 16.8. The van der Waals surface area contributed by atoms with Crippen LogP contribution in [0.1, 0.15) is 10.4 Å². The van der Waals surface area contributed by atoms with Crippen molar-refractivity contribution in [2.75, 3.05) is 11.9 Å². The molecule has 1 aromatic heterocycles. The first-order chi connectivity index (χ1) is 12.1. The number of nitrogens with one attached hydrogen (secondary N) is 1. The van der Waals surface area contributed by atoms with Gasteiger partial charge >= 0.3 is 5.97 Å². The van der Waals surface area contributed by atoms with Crippen LogP contribution >= 0.6 is 15.9 Å². The smallest absolute Gasteiger partial charge is 0.338 e. The summed E-state index contributed by atoms with van der Waals surface area (Å²) in [5.74, 6) is -1.00. The maximum absolute atomic E-state index is 12.0. The number of amides is 1. The van der Waals surface area contributed by atoms with Crippen molar-refractivity contribution in [2.45, 2.75) is 0 Å². The first-order valence-corrected chi connectivity index (χ1v) is 7.97. The molecule has 3 aromatic rings. The molecule has 1 heterocycles. The van der Waals surface area contributed by atoms with Gasteiger partial charge in [0.1, 0.15) is 6.33 Å². The highest BCUT2D eigenvalue weighted by atomic mass is 79.9. The van der Waals surface area contributed by atoms with Crippen LogP contribution in [0.2, 0.25) is 0 Å². The molecule has 126 valence electrons. The zero-order valence-electron chi connectivity index (χ0n) is 12.8. The maximum Gasteiger partial charge on any atom is 0.338 e. The number of nitrogens with zero attached hydrogens (tertiary/aromatic N) is 4. The Morgan fingerprint density at radius 3 is 2.44 bits per heavy atom. The van der Waals surface area contributed by atoms with Crippen molar-refractivity contribution >= 4 is 33.5 Å². The summed E-state index contributed by atoms with van der Waals surface area (Å²) in [5.41, 5.74) is 1.65. The molecule has 0 saturated carbocycles. The van der Waals surface area contributed by atoms with Crippen LogP contribution in [0.3, 0.4) is 0 Å². The molecule has 0 bridgehead atoms. The molecular weight excluding hydrogens is 390 g/mol. The molecule has 3 rings (SSSR count). The molecule has 0 saturated heterocycles. The Balaban J connectivity index is 1.53. The predicted molar refractivity (Wildman–Crippen MR) is 92.2 cm³/mol. The summed E-state index contributed by atoms with van der Waals surface area (Å²) in [6, 6.07) is 13.6. The molecule has 0 aliphatic carbocycles. The Labute approximate surface area is 150 Å². The number of benzene rings is 2. The van der Waals surface area contributed by atoms with E-state index < -0.39 is 11.9 Å². The van der Waals surface area contributed by atoms with Crippen molar-refractivity contribution in [1.29, 1.82) is 0 Å². The van der Waals surface area contributed by atoms with Gasteiger partial charge in [0.2, 0.25) is 0 Å². The van der Waals surface area contributed by atoms with Crippen LogP contribution in [-0.4, -0.2) is 38.7 Å². The molecule has 0 fully saturated rings. The topological polar surface area (TPSA) is 99.0 Å². The average Bonchev–Trinajstić information content (AvgIpc) is 3.16. The van der Waals surface area contributed by atoms with Crippen molar-refractivity contribution in [2.24, 2.45) is 0 Å². The lowest BCUT2D eigenvalue weighted by atomic mass is 10.2. The van der Waals surface area contributed by atoms with Crippen LogP contribution in [-0.2, 0) is 9.53 Å². The van der Waals surface area contributed by atoms with Crippen molar-refractivity contribution in [3.05, 3.63) is 64.9 Å². The molecule has 9 heteroatoms. The Hall–Kier alpha value is -3.07. The van der Waals surface area contributed by atoms with E-state index in [-0.39, 0.29) is 6.61 Å². The Morgan fingerprint density at radius 1 is 1.08 bits per heavy atom. The average molecular weight is 402 g/mol. The number of esters is 1. The highest BCUT2D eigenvalue weighted by molar-refractivity contribution is 9.10. The summed E-state index contributed by atoms with van der Waals surface area (Å²) in [6.45, 7) is -0.371. The van der Waals surface area contributed by atoms with Crippen LogP contribution in [0.5, 0.6) is 0 Å². The molecule has 0 aliphatic heterocycles. The molecule has 8 nitrogen and oxygen atoms in total. The third-order valence-corrected chi connectivity index (χ3v) is 3.71. The Bertz CT molecular complexity index is 864. The highest BCUT2D eigenvalue weighted by Gasteiger charge is 2.11. The fourth-order valence-corrected chi connectivity index (χ4v) is 2.24. The second kappa shape index (κ2) is 7.67. The number of hydrogen-bond acceptors (Lipinski definition) is 6. The van der Waals surface area contributed by atoms with Gasteiger partial charge in [-0.2, -0.15) is 0 Å². The fraction of sp³-hybridized carbons (Fsp3) is 0.0625. The minimum atomic E-state index is -0.589. The number of aromatic nitrogens is 4. The molecule has 25 heavy (non-hydrogen) atoms. The maximum atomic E-state index is 12.0. The lowest BCUT2D eigenvalue weighted by Gasteiger charge is -2.07. The van der Waals surface area contributed by atoms with E-state index in [2.05, 4.69) is 36.8 Å². The van der Waals surface area contributed by atoms with Gasteiger partial charge < -0.3 is 10.1 Å². The van der Waals surface area contributed by atoms with Gasteiger partial charge in [0.05, 0.1) is 11.3 Å². The van der Waals surface area contributed by atoms with Crippen LogP contribution in [0, 0.1) is 0 Å². The van der Waals surface area contributed by atoms with Gasteiger partial charge in [-0.25, -0.2) is 9.48 Å². The molecule has 0 spiro atoms. The summed E-state index contributed by atoms with van der Waals surface area (Å²) in [6.07, 6.45) is 1.44. The van der Waals surface area contributed by atoms with E-state index in [0.29, 0.717) is 16.9 Å². The Kier molecular flexibility index (Phi) is 5.14. The van der Waals surface area contributed by atoms with Crippen molar-refractivity contribution < 1.29 is 14.3 Å². The molecule has 0 aliphatic rings. The second-order valence-electron chi connectivity index (χ2n) is 4.93. The number of ether oxygens (including phenoxy) is 1. The monoisotopic (exact) mass is 401 g/mol. The minimum absolute atomic E-state index is 0.327. The number of carbonyl (C=O) groups is 2. The van der Waals surface area contributed by atoms with Gasteiger partial charge in [0, 0.05) is 10.2 Å². The predicted octanol–water partition coefficient (Wildman–Crippen LogP) is 2.22. The third kappa shape index (κ3) is 4.48. The van der Waals surface area contributed by atoms with Gasteiger partial charge in [-0.05, 0) is 59.0 Å². The van der Waals surface area contributed by atoms with E-state index in [9.17, 15) is 9.59 Å². The van der Waals surface area contributed by atoms with E-state index in [1.165, 1.54) is 11.0 Å². The van der Waals surface area contributed by atoms with Crippen molar-refractivity contribution in [3.63, 3.8) is 0 Å². The molecule has 1 amide bonds. The fourth-order valence-electron chi connectivity index (χ4n) is 1.97. The molecule has 0 unspecified atom stereocenters. The van der Waals surface area contributed by atoms with Gasteiger partial charge in [-0.3, -0.25) is 4.79 Å². The summed E-state index contributed by atoms with van der Waals surface area (Å²) >= 11 is 3.31. The number of rotatable bonds is 5. The van der Waals surface area contributed by atoms with Crippen LogP contribution in [0.25, 0.3) is 5.69 Å². The van der Waals surface area contributed by atoms with Crippen molar-refractivity contribution in [3.8, 4) is 5.69 Å². The van der Waals surface area contributed by atoms with E-state index >= 15 is 0 Å². The zero-order valence-corrected chi connectivity index (χ0v) is 14.4. The van der Waals surface area contributed by atoms with Gasteiger partial charge in [-0.15, -0.1) is 5.10 Å². The molecule has 0 radical (unpaired) electrons. The first-order valence-electron chi connectivity index (χ1n) is 7.18. The van der Waals surface area contributed by atoms with Crippen molar-refractivity contribution in [1.82, 2.24) is 20.2 Å². The number of anilines is 1. The quantitative estimate of drug-likeness (QED) is 0.658. The largest absolute Gasteiger partial charge is 0.452 e. The summed E-state index contributed by atoms with van der Waals surface area (Å²) in [5, 5.41) is 13.5. The third-order valence-electron chi connectivity index (χ3n) is 3.18. The summed E-state index contributed by atoms with van der Waals surface area (Å²) < 4.78 is 7.37. The second-order valence-corrected chi connectivity index (χ2v) is 5.85. The number of tetrazole rings is 1. The highest BCUT2D eigenvalue weighted by Crippen LogP contribution is 2.14. The SMILES string of the molecule is O=C(COC(=O)c1ccc(-n2cnnn2)cc1)Nc1ccc(Br)cc1. The normalized spacial score (nSPS) is 10.3. The number of hydrogen-bond donors (Lipinski definition) is 1. The zero-order chi connectivity index (χ0) is 17.6. The van der Waals surface area contributed by atoms with Gasteiger partial charge in [0.25, 0.3) is 5.91 Å². The Morgan fingerprint density at radius 2 is 1.80 bits per heavy atom. The molecule has 1 N–H and O–H groups in total. The molecular formula is C16H12BrN5O3. The van der Waals surface area contributed by atoms with Crippen LogP contribution in [0.4, 0.5) is 5.69 Å². The lowest BCUT2D eigenvalue weighted by Crippen LogP contribution is -2.20. The standard InChI is InChI=1S/C16H12BrN5O3/c17-12-3-5-13(6-4-12)19-15(23)9-25-16(24)11-1-7-14(8-2-11)22-10-18-20-21-22/h1-8,10H,9H2,(H,19,23). The van der Waals surface area contributed by atoms with Crippen LogP contribution in [0.15, 0.2) is 59.3 Å². The summed E-state index contributed by atoms with van der Waals surface area (Å²) in [4.78, 5) is 23.8. The molecule has 0 atom stereocenters. The van der Waals surface area contributed by atoms with Gasteiger partial charge in [0.15, 0.2) is 6.61 Å². The van der Waals surface area contributed by atoms with E-state index in [0.717, 1.165) is 4.47 Å². The summed E-state index contributed by atoms with van der Waals surface area (Å²) in [7, 11) is 0. The van der Waals surface area contributed by atoms with Gasteiger partial charge in [-0.1, -0.05) is 15.9 Å². The van der Waals surface area contributed by atoms with E-state index in [1.807, 2.05) is 0 Å². The number of carbonyl (C=O) groups excluding carboxylic acids is 2. The van der Waals surface area contributed by atoms with Crippen LogP contribution < -0.4 is 5.32 Å².